The topological polar surface area (TPSA) is 17.1 Å². The maximum atomic E-state index is 12.4. The molecule has 2 aromatic rings. The summed E-state index contributed by atoms with van der Waals surface area (Å²) in [4.78, 5) is 12.4. The van der Waals surface area contributed by atoms with Crippen LogP contribution in [0.25, 0.3) is 0 Å². The number of halogens is 1. The van der Waals surface area contributed by atoms with Crippen molar-refractivity contribution < 1.29 is 4.79 Å². The van der Waals surface area contributed by atoms with Crippen LogP contribution in [0, 0.1) is 5.92 Å². The van der Waals surface area contributed by atoms with Gasteiger partial charge in [0.1, 0.15) is 5.78 Å². The number of carbonyl (C=O) groups is 1. The van der Waals surface area contributed by atoms with Crippen LogP contribution in [0.5, 0.6) is 0 Å². The first-order chi connectivity index (χ1) is 9.22. The fourth-order valence-electron chi connectivity index (χ4n) is 2.78. The molecule has 0 unspecified atom stereocenters. The van der Waals surface area contributed by atoms with Crippen molar-refractivity contribution in [2.24, 2.45) is 5.92 Å². The molecule has 0 bridgehead atoms. The van der Waals surface area contributed by atoms with Gasteiger partial charge in [-0.15, -0.1) is 0 Å². The third-order valence-electron chi connectivity index (χ3n) is 3.77. The predicted molar refractivity (Wildman–Crippen MR) is 80.2 cm³/mol. The molecule has 0 amide bonds. The fourth-order valence-corrected chi connectivity index (χ4v) is 3.23. The van der Waals surface area contributed by atoms with Gasteiger partial charge >= 0.3 is 0 Å². The lowest BCUT2D eigenvalue weighted by Crippen LogP contribution is -2.17. The van der Waals surface area contributed by atoms with E-state index >= 15 is 0 Å². The van der Waals surface area contributed by atoms with E-state index in [1.807, 2.05) is 24.3 Å². The van der Waals surface area contributed by atoms with Gasteiger partial charge in [0.05, 0.1) is 0 Å². The van der Waals surface area contributed by atoms with E-state index in [1.54, 1.807) is 0 Å². The summed E-state index contributed by atoms with van der Waals surface area (Å²) in [6.07, 6.45) is 2.35. The van der Waals surface area contributed by atoms with E-state index in [-0.39, 0.29) is 5.92 Å². The number of ketones is 1. The lowest BCUT2D eigenvalue weighted by Gasteiger charge is -2.08. The summed E-state index contributed by atoms with van der Waals surface area (Å²) in [6.45, 7) is 0. The SMILES string of the molecule is O=C(Cc1cccc(Br)c1)C1Cc2ccccc2C1. The van der Waals surface area contributed by atoms with Gasteiger partial charge in [0, 0.05) is 16.8 Å². The first-order valence-corrected chi connectivity index (χ1v) is 7.35. The predicted octanol–water partition coefficient (Wildman–Crippen LogP) is 3.98. The fraction of sp³-hybridized carbons (Fsp3) is 0.235. The Bertz CT molecular complexity index is 593. The van der Waals surface area contributed by atoms with Crippen LogP contribution < -0.4 is 0 Å². The van der Waals surface area contributed by atoms with Gasteiger partial charge in [-0.05, 0) is 41.7 Å². The van der Waals surface area contributed by atoms with Crippen LogP contribution in [0.2, 0.25) is 0 Å². The van der Waals surface area contributed by atoms with Crippen LogP contribution in [0.15, 0.2) is 53.0 Å². The Morgan fingerprint density at radius 3 is 2.37 bits per heavy atom. The van der Waals surface area contributed by atoms with E-state index in [4.69, 9.17) is 0 Å². The highest BCUT2D eigenvalue weighted by molar-refractivity contribution is 9.10. The summed E-state index contributed by atoms with van der Waals surface area (Å²) < 4.78 is 1.03. The molecule has 0 N–H and O–H groups in total. The average molecular weight is 315 g/mol. The molecule has 0 heterocycles. The van der Waals surface area contributed by atoms with Crippen molar-refractivity contribution in [3.8, 4) is 0 Å². The zero-order valence-electron chi connectivity index (χ0n) is 10.6. The largest absolute Gasteiger partial charge is 0.299 e. The highest BCUT2D eigenvalue weighted by Crippen LogP contribution is 2.28. The quantitative estimate of drug-likeness (QED) is 0.837. The van der Waals surface area contributed by atoms with Crippen molar-refractivity contribution >= 4 is 21.7 Å². The highest BCUT2D eigenvalue weighted by atomic mass is 79.9. The number of hydrogen-bond donors (Lipinski definition) is 0. The van der Waals surface area contributed by atoms with Crippen molar-refractivity contribution in [2.45, 2.75) is 19.3 Å². The van der Waals surface area contributed by atoms with Gasteiger partial charge in [-0.3, -0.25) is 4.79 Å². The van der Waals surface area contributed by atoms with Gasteiger partial charge in [0.2, 0.25) is 0 Å². The molecule has 0 atom stereocenters. The van der Waals surface area contributed by atoms with E-state index in [1.165, 1.54) is 11.1 Å². The Morgan fingerprint density at radius 1 is 1.05 bits per heavy atom. The molecule has 0 spiro atoms. The van der Waals surface area contributed by atoms with Crippen LogP contribution in [0.1, 0.15) is 16.7 Å². The number of benzene rings is 2. The van der Waals surface area contributed by atoms with Crippen molar-refractivity contribution in [3.63, 3.8) is 0 Å². The second kappa shape index (κ2) is 5.30. The standard InChI is InChI=1S/C17H15BrO/c18-16-7-3-4-12(8-16)9-17(19)15-10-13-5-1-2-6-14(13)11-15/h1-8,15H,9-11H2. The van der Waals surface area contributed by atoms with Crippen molar-refractivity contribution in [2.75, 3.05) is 0 Å². The molecule has 3 rings (SSSR count). The minimum absolute atomic E-state index is 0.163. The monoisotopic (exact) mass is 314 g/mol. The third-order valence-corrected chi connectivity index (χ3v) is 4.27. The lowest BCUT2D eigenvalue weighted by atomic mass is 9.95. The Kier molecular flexibility index (Phi) is 3.52. The van der Waals surface area contributed by atoms with E-state index in [0.717, 1.165) is 22.9 Å². The maximum Gasteiger partial charge on any atom is 0.140 e. The Hall–Kier alpha value is -1.41. The second-order valence-corrected chi connectivity index (χ2v) is 6.06. The Labute approximate surface area is 121 Å². The van der Waals surface area contributed by atoms with Crippen molar-refractivity contribution in [1.29, 1.82) is 0 Å². The van der Waals surface area contributed by atoms with Crippen LogP contribution in [0.3, 0.4) is 0 Å². The van der Waals surface area contributed by atoms with Gasteiger partial charge in [0.15, 0.2) is 0 Å². The van der Waals surface area contributed by atoms with Crippen LogP contribution >= 0.6 is 15.9 Å². The molecule has 1 aliphatic rings. The highest BCUT2D eigenvalue weighted by Gasteiger charge is 2.26. The molecule has 2 aromatic carbocycles. The first-order valence-electron chi connectivity index (χ1n) is 6.56. The number of rotatable bonds is 3. The summed E-state index contributed by atoms with van der Waals surface area (Å²) in [7, 11) is 0. The van der Waals surface area contributed by atoms with Crippen molar-refractivity contribution in [3.05, 3.63) is 69.7 Å². The molecule has 0 saturated heterocycles. The molecule has 1 nitrogen and oxygen atoms in total. The Balaban J connectivity index is 1.70. The molecule has 2 heteroatoms. The molecule has 96 valence electrons. The van der Waals surface area contributed by atoms with Crippen molar-refractivity contribution in [1.82, 2.24) is 0 Å². The molecule has 0 fully saturated rings. The Morgan fingerprint density at radius 2 is 1.74 bits per heavy atom. The third kappa shape index (κ3) is 2.79. The summed E-state index contributed by atoms with van der Waals surface area (Å²) in [5, 5.41) is 0. The summed E-state index contributed by atoms with van der Waals surface area (Å²) >= 11 is 3.45. The minimum Gasteiger partial charge on any atom is -0.299 e. The second-order valence-electron chi connectivity index (χ2n) is 5.15. The van der Waals surface area contributed by atoms with E-state index < -0.39 is 0 Å². The number of fused-ring (bicyclic) bond motifs is 1. The summed E-state index contributed by atoms with van der Waals surface area (Å²) in [5.74, 6) is 0.519. The van der Waals surface area contributed by atoms with Gasteiger partial charge < -0.3 is 0 Å². The van der Waals surface area contributed by atoms with Gasteiger partial charge in [0.25, 0.3) is 0 Å². The normalized spacial score (nSPS) is 14.4. The summed E-state index contributed by atoms with van der Waals surface area (Å²) in [6, 6.07) is 16.4. The molecule has 0 saturated carbocycles. The average Bonchev–Trinajstić information content (AvgIpc) is 2.82. The van der Waals surface area contributed by atoms with Crippen LogP contribution in [-0.4, -0.2) is 5.78 Å². The van der Waals surface area contributed by atoms with E-state index in [9.17, 15) is 4.79 Å². The zero-order valence-corrected chi connectivity index (χ0v) is 12.2. The first kappa shape index (κ1) is 12.6. The van der Waals surface area contributed by atoms with E-state index in [2.05, 4.69) is 40.2 Å². The number of Topliss-reactive ketones (excluding diaryl/α,β-unsaturated/α-hetero) is 1. The molecule has 1 aliphatic carbocycles. The number of hydrogen-bond acceptors (Lipinski definition) is 1. The van der Waals surface area contributed by atoms with E-state index in [0.29, 0.717) is 12.2 Å². The molecule has 0 radical (unpaired) electrons. The minimum atomic E-state index is 0.163. The molecular formula is C17H15BrO. The maximum absolute atomic E-state index is 12.4. The molecule has 0 aromatic heterocycles. The van der Waals surface area contributed by atoms with Crippen LogP contribution in [0.4, 0.5) is 0 Å². The summed E-state index contributed by atoms with van der Waals surface area (Å²) in [5.41, 5.74) is 3.78. The van der Waals surface area contributed by atoms with Gasteiger partial charge in [-0.2, -0.15) is 0 Å². The number of carbonyl (C=O) groups excluding carboxylic acids is 1. The smallest absolute Gasteiger partial charge is 0.140 e. The van der Waals surface area contributed by atoms with Gasteiger partial charge in [-0.1, -0.05) is 52.3 Å². The lowest BCUT2D eigenvalue weighted by molar-refractivity contribution is -0.121. The molecular weight excluding hydrogens is 300 g/mol. The van der Waals surface area contributed by atoms with Crippen LogP contribution in [-0.2, 0) is 24.1 Å². The molecule has 19 heavy (non-hydrogen) atoms. The zero-order chi connectivity index (χ0) is 13.2. The van der Waals surface area contributed by atoms with Gasteiger partial charge in [-0.25, -0.2) is 0 Å². The molecule has 0 aliphatic heterocycles.